The van der Waals surface area contributed by atoms with Gasteiger partial charge in [0.15, 0.2) is 0 Å². The predicted molar refractivity (Wildman–Crippen MR) is 69.8 cm³/mol. The minimum Gasteiger partial charge on any atom is -0.396 e. The second-order valence-corrected chi connectivity index (χ2v) is 4.25. The summed E-state index contributed by atoms with van der Waals surface area (Å²) in [4.78, 5) is 13.9. The van der Waals surface area contributed by atoms with Crippen molar-refractivity contribution in [1.82, 2.24) is 14.7 Å². The van der Waals surface area contributed by atoms with Crippen LogP contribution in [0.3, 0.4) is 0 Å². The summed E-state index contributed by atoms with van der Waals surface area (Å²) in [5, 5.41) is 13.1. The average Bonchev–Trinajstić information content (AvgIpc) is 2.75. The second-order valence-electron chi connectivity index (χ2n) is 4.25. The lowest BCUT2D eigenvalue weighted by Gasteiger charge is -2.30. The van der Waals surface area contributed by atoms with E-state index in [0.717, 1.165) is 12.8 Å². The number of aliphatic hydroxyl groups is 1. The van der Waals surface area contributed by atoms with Gasteiger partial charge in [-0.2, -0.15) is 5.10 Å². The van der Waals surface area contributed by atoms with Crippen LogP contribution in [0.4, 0.5) is 5.69 Å². The number of hydrogen-bond acceptors (Lipinski definition) is 4. The van der Waals surface area contributed by atoms with Crippen molar-refractivity contribution >= 4 is 11.6 Å². The predicted octanol–water partition coefficient (Wildman–Crippen LogP) is 0.475. The average molecular weight is 254 g/mol. The number of amides is 1. The van der Waals surface area contributed by atoms with Crippen molar-refractivity contribution in [3.05, 3.63) is 12.4 Å². The summed E-state index contributed by atoms with van der Waals surface area (Å²) in [5.74, 6) is -0.0409. The molecule has 102 valence electrons. The van der Waals surface area contributed by atoms with Gasteiger partial charge >= 0.3 is 0 Å². The van der Waals surface area contributed by atoms with Gasteiger partial charge in [0.25, 0.3) is 0 Å². The number of hydrogen-bond donors (Lipinski definition) is 2. The quantitative estimate of drug-likeness (QED) is 0.741. The topological polar surface area (TPSA) is 84.4 Å². The Balaban J connectivity index is 2.69. The molecule has 3 N–H and O–H groups in total. The highest BCUT2D eigenvalue weighted by Gasteiger charge is 2.20. The molecule has 0 aromatic carbocycles. The third kappa shape index (κ3) is 3.73. The molecule has 0 aliphatic heterocycles. The minimum absolute atomic E-state index is 0.0243. The van der Waals surface area contributed by atoms with Gasteiger partial charge < -0.3 is 15.7 Å². The van der Waals surface area contributed by atoms with Crippen LogP contribution >= 0.6 is 0 Å². The highest BCUT2D eigenvalue weighted by molar-refractivity contribution is 5.76. The van der Waals surface area contributed by atoms with E-state index in [-0.39, 0.29) is 25.1 Å². The smallest absolute Gasteiger partial charge is 0.244 e. The van der Waals surface area contributed by atoms with Gasteiger partial charge in [-0.05, 0) is 12.8 Å². The molecule has 0 spiro atoms. The summed E-state index contributed by atoms with van der Waals surface area (Å²) in [6.45, 7) is 4.58. The molecule has 6 nitrogen and oxygen atoms in total. The molecule has 0 aliphatic rings. The Morgan fingerprint density at radius 2 is 2.22 bits per heavy atom. The number of anilines is 1. The molecule has 1 aromatic rings. The number of rotatable bonds is 7. The molecule has 6 heteroatoms. The zero-order chi connectivity index (χ0) is 13.5. The van der Waals surface area contributed by atoms with E-state index in [9.17, 15) is 4.79 Å². The molecular weight excluding hydrogens is 232 g/mol. The van der Waals surface area contributed by atoms with E-state index < -0.39 is 0 Å². The number of carbonyl (C=O) groups is 1. The second kappa shape index (κ2) is 7.00. The standard InChI is InChI=1S/C12H22N4O2/c1-3-11(4-2)16(5-6-17)12(18)9-15-8-10(13)7-14-15/h7-8,11,17H,3-6,9,13H2,1-2H3. The summed E-state index contributed by atoms with van der Waals surface area (Å²) < 4.78 is 1.52. The van der Waals surface area contributed by atoms with Crippen LogP contribution in [0, 0.1) is 0 Å². The molecular formula is C12H22N4O2. The van der Waals surface area contributed by atoms with Gasteiger partial charge in [0.2, 0.25) is 5.91 Å². The third-order valence-corrected chi connectivity index (χ3v) is 2.99. The van der Waals surface area contributed by atoms with E-state index in [0.29, 0.717) is 12.2 Å². The zero-order valence-electron chi connectivity index (χ0n) is 11.0. The number of nitrogen functional groups attached to an aromatic ring is 1. The number of nitrogens with two attached hydrogens (primary N) is 1. The number of aromatic nitrogens is 2. The Hall–Kier alpha value is -1.56. The first-order valence-corrected chi connectivity index (χ1v) is 6.30. The fourth-order valence-corrected chi connectivity index (χ4v) is 2.04. The van der Waals surface area contributed by atoms with Gasteiger partial charge in [0.05, 0.1) is 18.5 Å². The fraction of sp³-hybridized carbons (Fsp3) is 0.667. The molecule has 1 aromatic heterocycles. The molecule has 0 saturated heterocycles. The summed E-state index contributed by atoms with van der Waals surface area (Å²) in [7, 11) is 0. The first-order chi connectivity index (χ1) is 8.62. The van der Waals surface area contributed by atoms with Gasteiger partial charge in [-0.3, -0.25) is 9.48 Å². The van der Waals surface area contributed by atoms with E-state index in [4.69, 9.17) is 10.8 Å². The van der Waals surface area contributed by atoms with Crippen molar-refractivity contribution in [2.24, 2.45) is 0 Å². The van der Waals surface area contributed by atoms with E-state index >= 15 is 0 Å². The summed E-state index contributed by atoms with van der Waals surface area (Å²) in [6.07, 6.45) is 4.90. The fourth-order valence-electron chi connectivity index (χ4n) is 2.04. The molecule has 18 heavy (non-hydrogen) atoms. The summed E-state index contributed by atoms with van der Waals surface area (Å²) in [6, 6.07) is 0.164. The number of nitrogens with zero attached hydrogens (tertiary/aromatic N) is 3. The molecule has 0 atom stereocenters. The lowest BCUT2D eigenvalue weighted by molar-refractivity contribution is -0.135. The Morgan fingerprint density at radius 3 is 2.67 bits per heavy atom. The number of aliphatic hydroxyl groups excluding tert-OH is 1. The number of carbonyl (C=O) groups excluding carboxylic acids is 1. The van der Waals surface area contributed by atoms with Crippen molar-refractivity contribution in [2.75, 3.05) is 18.9 Å². The van der Waals surface area contributed by atoms with Crippen molar-refractivity contribution in [2.45, 2.75) is 39.3 Å². The minimum atomic E-state index is -0.0409. The van der Waals surface area contributed by atoms with Crippen molar-refractivity contribution in [3.63, 3.8) is 0 Å². The van der Waals surface area contributed by atoms with Gasteiger partial charge in [0.1, 0.15) is 6.54 Å². The van der Waals surface area contributed by atoms with Gasteiger partial charge in [-0.1, -0.05) is 13.8 Å². The monoisotopic (exact) mass is 254 g/mol. The Kier molecular flexibility index (Phi) is 5.64. The maximum atomic E-state index is 12.2. The largest absolute Gasteiger partial charge is 0.396 e. The van der Waals surface area contributed by atoms with Gasteiger partial charge in [-0.15, -0.1) is 0 Å². The molecule has 0 aliphatic carbocycles. The molecule has 1 rings (SSSR count). The van der Waals surface area contributed by atoms with E-state index in [1.54, 1.807) is 11.1 Å². The normalized spacial score (nSPS) is 10.9. The first kappa shape index (κ1) is 14.5. The van der Waals surface area contributed by atoms with Gasteiger partial charge in [0, 0.05) is 18.8 Å². The van der Waals surface area contributed by atoms with Crippen molar-refractivity contribution < 1.29 is 9.90 Å². The highest BCUT2D eigenvalue weighted by atomic mass is 16.3. The molecule has 0 radical (unpaired) electrons. The zero-order valence-corrected chi connectivity index (χ0v) is 11.0. The summed E-state index contributed by atoms with van der Waals surface area (Å²) in [5.41, 5.74) is 6.09. The molecule has 0 saturated carbocycles. The lowest BCUT2D eigenvalue weighted by atomic mass is 10.1. The lowest BCUT2D eigenvalue weighted by Crippen LogP contribution is -2.43. The first-order valence-electron chi connectivity index (χ1n) is 6.30. The Labute approximate surface area is 107 Å². The molecule has 0 bridgehead atoms. The van der Waals surface area contributed by atoms with Crippen LogP contribution < -0.4 is 5.73 Å². The van der Waals surface area contributed by atoms with Crippen LogP contribution in [0.1, 0.15) is 26.7 Å². The SMILES string of the molecule is CCC(CC)N(CCO)C(=O)Cn1cc(N)cn1. The highest BCUT2D eigenvalue weighted by Crippen LogP contribution is 2.10. The van der Waals surface area contributed by atoms with Crippen LogP contribution in [0.5, 0.6) is 0 Å². The van der Waals surface area contributed by atoms with Crippen molar-refractivity contribution in [1.29, 1.82) is 0 Å². The molecule has 1 amide bonds. The van der Waals surface area contributed by atoms with Crippen LogP contribution in [0.2, 0.25) is 0 Å². The molecule has 0 fully saturated rings. The third-order valence-electron chi connectivity index (χ3n) is 2.99. The molecule has 1 heterocycles. The Bertz CT molecular complexity index is 374. The van der Waals surface area contributed by atoms with Crippen molar-refractivity contribution in [3.8, 4) is 0 Å². The van der Waals surface area contributed by atoms with Crippen LogP contribution in [0.15, 0.2) is 12.4 Å². The molecule has 0 unspecified atom stereocenters. The maximum absolute atomic E-state index is 12.2. The van der Waals surface area contributed by atoms with Gasteiger partial charge in [-0.25, -0.2) is 0 Å². The summed E-state index contributed by atoms with van der Waals surface area (Å²) >= 11 is 0. The van der Waals surface area contributed by atoms with E-state index in [1.807, 2.05) is 13.8 Å². The maximum Gasteiger partial charge on any atom is 0.244 e. The van der Waals surface area contributed by atoms with E-state index in [1.165, 1.54) is 10.9 Å². The van der Waals surface area contributed by atoms with Crippen LogP contribution in [0.25, 0.3) is 0 Å². The van der Waals surface area contributed by atoms with E-state index in [2.05, 4.69) is 5.10 Å². The Morgan fingerprint density at radius 1 is 1.56 bits per heavy atom. The van der Waals surface area contributed by atoms with Crippen LogP contribution in [-0.4, -0.2) is 44.9 Å². The van der Waals surface area contributed by atoms with Crippen LogP contribution in [-0.2, 0) is 11.3 Å².